The van der Waals surface area contributed by atoms with Crippen molar-refractivity contribution in [2.24, 2.45) is 0 Å². The highest BCUT2D eigenvalue weighted by atomic mass is 19.1. The number of anilines is 4. The van der Waals surface area contributed by atoms with Crippen LogP contribution in [0.3, 0.4) is 0 Å². The van der Waals surface area contributed by atoms with E-state index >= 15 is 0 Å². The summed E-state index contributed by atoms with van der Waals surface area (Å²) >= 11 is 0. The van der Waals surface area contributed by atoms with Gasteiger partial charge in [-0.25, -0.2) is 9.37 Å². The van der Waals surface area contributed by atoms with Crippen LogP contribution in [0.5, 0.6) is 0 Å². The monoisotopic (exact) mass is 365 g/mol. The van der Waals surface area contributed by atoms with Crippen molar-refractivity contribution in [2.75, 3.05) is 22.5 Å². The van der Waals surface area contributed by atoms with Gasteiger partial charge >= 0.3 is 0 Å². The Kier molecular flexibility index (Phi) is 5.94. The third kappa shape index (κ3) is 5.78. The van der Waals surface area contributed by atoms with Crippen LogP contribution in [0.15, 0.2) is 60.8 Å². The number of nitrogens with one attached hydrogen (secondary N) is 3. The number of hydrogen-bond acceptors (Lipinski definition) is 5. The summed E-state index contributed by atoms with van der Waals surface area (Å²) < 4.78 is 12.9. The zero-order valence-corrected chi connectivity index (χ0v) is 14.9. The molecule has 0 aliphatic rings. The molecule has 0 saturated carbocycles. The minimum absolute atomic E-state index is 0.113. The zero-order chi connectivity index (χ0) is 19.1. The summed E-state index contributed by atoms with van der Waals surface area (Å²) in [6.45, 7) is 2.14. The normalized spacial score (nSPS) is 10.3. The van der Waals surface area contributed by atoms with Gasteiger partial charge in [0.25, 0.3) is 0 Å². The van der Waals surface area contributed by atoms with Crippen molar-refractivity contribution >= 4 is 29.0 Å². The summed E-state index contributed by atoms with van der Waals surface area (Å²) in [6, 6.07) is 15.5. The standard InChI is InChI=1S/C20H20FN5O/c1-14(27)24-17-6-8-18(9-7-17)25-20-23-13-11-19(26-20)22-12-10-15-2-4-16(21)5-3-15/h2-9,11,13H,10,12H2,1H3,(H,24,27)(H2,22,23,25,26). The first kappa shape index (κ1) is 18.3. The van der Waals surface area contributed by atoms with Crippen molar-refractivity contribution < 1.29 is 9.18 Å². The predicted molar refractivity (Wildman–Crippen MR) is 105 cm³/mol. The Bertz CT molecular complexity index is 897. The van der Waals surface area contributed by atoms with Gasteiger partial charge < -0.3 is 16.0 Å². The van der Waals surface area contributed by atoms with Crippen LogP contribution < -0.4 is 16.0 Å². The average Bonchev–Trinajstić information content (AvgIpc) is 2.65. The van der Waals surface area contributed by atoms with Gasteiger partial charge in [-0.05, 0) is 54.4 Å². The molecule has 0 saturated heterocycles. The molecule has 0 fully saturated rings. The van der Waals surface area contributed by atoms with Gasteiger partial charge in [0, 0.05) is 31.0 Å². The maximum Gasteiger partial charge on any atom is 0.229 e. The number of hydrogen-bond donors (Lipinski definition) is 3. The van der Waals surface area contributed by atoms with E-state index in [4.69, 9.17) is 0 Å². The first-order valence-corrected chi connectivity index (χ1v) is 8.54. The first-order valence-electron chi connectivity index (χ1n) is 8.54. The smallest absolute Gasteiger partial charge is 0.229 e. The molecule has 3 N–H and O–H groups in total. The summed E-state index contributed by atoms with van der Waals surface area (Å²) in [6.07, 6.45) is 2.43. The van der Waals surface area contributed by atoms with Gasteiger partial charge in [-0.1, -0.05) is 12.1 Å². The Hall–Kier alpha value is -3.48. The van der Waals surface area contributed by atoms with E-state index in [9.17, 15) is 9.18 Å². The second-order valence-electron chi connectivity index (χ2n) is 5.95. The zero-order valence-electron chi connectivity index (χ0n) is 14.9. The van der Waals surface area contributed by atoms with E-state index in [2.05, 4.69) is 25.9 Å². The summed E-state index contributed by atoms with van der Waals surface area (Å²) in [4.78, 5) is 19.7. The number of carbonyl (C=O) groups excluding carboxylic acids is 1. The van der Waals surface area contributed by atoms with Crippen molar-refractivity contribution in [1.29, 1.82) is 0 Å². The van der Waals surface area contributed by atoms with Crippen molar-refractivity contribution in [3.63, 3.8) is 0 Å². The van der Waals surface area contributed by atoms with E-state index in [0.29, 0.717) is 18.3 Å². The molecule has 0 spiro atoms. The van der Waals surface area contributed by atoms with Crippen molar-refractivity contribution in [1.82, 2.24) is 9.97 Å². The number of benzene rings is 2. The van der Waals surface area contributed by atoms with Crippen LogP contribution in [0.1, 0.15) is 12.5 Å². The molecular formula is C20H20FN5O. The highest BCUT2D eigenvalue weighted by Gasteiger charge is 2.02. The van der Waals surface area contributed by atoms with Crippen molar-refractivity contribution in [3.8, 4) is 0 Å². The van der Waals surface area contributed by atoms with E-state index in [1.165, 1.54) is 19.1 Å². The van der Waals surface area contributed by atoms with E-state index < -0.39 is 0 Å². The molecule has 2 aromatic carbocycles. The lowest BCUT2D eigenvalue weighted by molar-refractivity contribution is -0.114. The van der Waals surface area contributed by atoms with E-state index in [1.807, 2.05) is 12.1 Å². The molecular weight excluding hydrogens is 345 g/mol. The molecule has 1 heterocycles. The molecule has 3 rings (SSSR count). The maximum atomic E-state index is 12.9. The van der Waals surface area contributed by atoms with E-state index in [-0.39, 0.29) is 11.7 Å². The fraction of sp³-hybridized carbons (Fsp3) is 0.150. The third-order valence-corrected chi connectivity index (χ3v) is 3.75. The van der Waals surface area contributed by atoms with Gasteiger partial charge in [-0.3, -0.25) is 4.79 Å². The SMILES string of the molecule is CC(=O)Nc1ccc(Nc2nccc(NCCc3ccc(F)cc3)n2)cc1. The number of halogens is 1. The Balaban J connectivity index is 1.55. The molecule has 0 bridgehead atoms. The first-order chi connectivity index (χ1) is 13.1. The molecule has 138 valence electrons. The number of carbonyl (C=O) groups is 1. The lowest BCUT2D eigenvalue weighted by atomic mass is 10.1. The minimum Gasteiger partial charge on any atom is -0.370 e. The van der Waals surface area contributed by atoms with Gasteiger partial charge in [-0.15, -0.1) is 0 Å². The molecule has 7 heteroatoms. The van der Waals surface area contributed by atoms with Crippen molar-refractivity contribution in [2.45, 2.75) is 13.3 Å². The highest BCUT2D eigenvalue weighted by Crippen LogP contribution is 2.17. The molecule has 6 nitrogen and oxygen atoms in total. The number of aromatic nitrogens is 2. The fourth-order valence-electron chi connectivity index (χ4n) is 2.47. The highest BCUT2D eigenvalue weighted by molar-refractivity contribution is 5.88. The van der Waals surface area contributed by atoms with Crippen LogP contribution in [-0.4, -0.2) is 22.4 Å². The maximum absolute atomic E-state index is 12.9. The molecule has 0 unspecified atom stereocenters. The second kappa shape index (κ2) is 8.75. The molecule has 27 heavy (non-hydrogen) atoms. The van der Waals surface area contributed by atoms with Crippen molar-refractivity contribution in [3.05, 3.63) is 72.2 Å². The van der Waals surface area contributed by atoms with Crippen LogP contribution in [0.4, 0.5) is 27.5 Å². The molecule has 1 aromatic heterocycles. The summed E-state index contributed by atoms with van der Waals surface area (Å²) in [5.41, 5.74) is 2.59. The average molecular weight is 365 g/mol. The molecule has 0 aliphatic heterocycles. The third-order valence-electron chi connectivity index (χ3n) is 3.75. The van der Waals surface area contributed by atoms with Crippen LogP contribution >= 0.6 is 0 Å². The number of nitrogens with zero attached hydrogens (tertiary/aromatic N) is 2. The van der Waals surface area contributed by atoms with Crippen LogP contribution in [0, 0.1) is 5.82 Å². The van der Waals surface area contributed by atoms with Gasteiger partial charge in [-0.2, -0.15) is 4.98 Å². The Labute approximate surface area is 156 Å². The van der Waals surface area contributed by atoms with Crippen LogP contribution in [0.25, 0.3) is 0 Å². The quantitative estimate of drug-likeness (QED) is 0.590. The Morgan fingerprint density at radius 2 is 1.70 bits per heavy atom. The molecule has 0 radical (unpaired) electrons. The number of rotatable bonds is 7. The summed E-state index contributed by atoms with van der Waals surface area (Å²) in [5, 5.41) is 9.07. The molecule has 3 aromatic rings. The van der Waals surface area contributed by atoms with Gasteiger partial charge in [0.15, 0.2) is 0 Å². The molecule has 0 aliphatic carbocycles. The Morgan fingerprint density at radius 3 is 2.41 bits per heavy atom. The second-order valence-corrected chi connectivity index (χ2v) is 5.95. The number of amides is 1. The molecule has 0 atom stereocenters. The predicted octanol–water partition coefficient (Wildman–Crippen LogP) is 3.97. The minimum atomic E-state index is -0.233. The summed E-state index contributed by atoms with van der Waals surface area (Å²) in [7, 11) is 0. The van der Waals surface area contributed by atoms with Crippen LogP contribution in [-0.2, 0) is 11.2 Å². The summed E-state index contributed by atoms with van der Waals surface area (Å²) in [5.74, 6) is 0.820. The lowest BCUT2D eigenvalue weighted by Gasteiger charge is -2.09. The molecule has 1 amide bonds. The van der Waals surface area contributed by atoms with Crippen LogP contribution in [0.2, 0.25) is 0 Å². The van der Waals surface area contributed by atoms with Gasteiger partial charge in [0.05, 0.1) is 0 Å². The van der Waals surface area contributed by atoms with Gasteiger partial charge in [0.2, 0.25) is 11.9 Å². The van der Waals surface area contributed by atoms with E-state index in [1.54, 1.807) is 36.5 Å². The van der Waals surface area contributed by atoms with Gasteiger partial charge in [0.1, 0.15) is 11.6 Å². The fourth-order valence-corrected chi connectivity index (χ4v) is 2.47. The lowest BCUT2D eigenvalue weighted by Crippen LogP contribution is -2.08. The largest absolute Gasteiger partial charge is 0.370 e. The topological polar surface area (TPSA) is 78.9 Å². The van der Waals surface area contributed by atoms with E-state index in [0.717, 1.165) is 23.4 Å². The Morgan fingerprint density at radius 1 is 1.00 bits per heavy atom.